The number of rotatable bonds is 2. The highest BCUT2D eigenvalue weighted by Gasteiger charge is 2.07. The Bertz CT molecular complexity index is 455. The Kier molecular flexibility index (Phi) is 2.46. The van der Waals surface area contributed by atoms with Gasteiger partial charge in [0.1, 0.15) is 5.76 Å². The molecule has 1 aromatic carbocycles. The van der Waals surface area contributed by atoms with Crippen molar-refractivity contribution in [2.45, 2.75) is 20.3 Å². The van der Waals surface area contributed by atoms with Gasteiger partial charge in [0.25, 0.3) is 0 Å². The molecule has 78 valence electrons. The molecule has 0 radical (unpaired) electrons. The molecular weight excluding hydrogens is 188 g/mol. The van der Waals surface area contributed by atoms with Gasteiger partial charge in [-0.1, -0.05) is 18.2 Å². The van der Waals surface area contributed by atoms with E-state index in [-0.39, 0.29) is 0 Å². The van der Waals surface area contributed by atoms with E-state index in [0.29, 0.717) is 6.42 Å². The van der Waals surface area contributed by atoms with Gasteiger partial charge in [0.2, 0.25) is 0 Å². The molecule has 0 atom stereocenters. The number of benzene rings is 1. The lowest BCUT2D eigenvalue weighted by Gasteiger charge is -2.01. The monoisotopic (exact) mass is 202 g/mol. The molecule has 0 aliphatic rings. The third kappa shape index (κ3) is 2.01. The van der Waals surface area contributed by atoms with Crippen molar-refractivity contribution >= 4 is 5.69 Å². The van der Waals surface area contributed by atoms with Gasteiger partial charge < -0.3 is 10.2 Å². The van der Waals surface area contributed by atoms with E-state index in [1.807, 2.05) is 38.1 Å². The molecule has 0 unspecified atom stereocenters. The summed E-state index contributed by atoms with van der Waals surface area (Å²) in [5.41, 5.74) is 8.63. The Hall–Kier alpha value is -1.77. The van der Waals surface area contributed by atoms with Gasteiger partial charge in [-0.2, -0.15) is 0 Å². The second-order valence-corrected chi connectivity index (χ2v) is 3.62. The minimum absolute atomic E-state index is 0.654. The Morgan fingerprint density at radius 3 is 2.60 bits per heavy atom. The molecule has 15 heavy (non-hydrogen) atoms. The number of anilines is 1. The van der Waals surface area contributed by atoms with Crippen LogP contribution >= 0.6 is 0 Å². The number of nitrogens with zero attached hydrogens (tertiary/aromatic N) is 1. The van der Waals surface area contributed by atoms with Crippen molar-refractivity contribution in [1.82, 2.24) is 4.98 Å². The third-order valence-corrected chi connectivity index (χ3v) is 2.47. The molecule has 1 heterocycles. The van der Waals surface area contributed by atoms with E-state index in [1.54, 1.807) is 0 Å². The van der Waals surface area contributed by atoms with E-state index in [0.717, 1.165) is 28.6 Å². The van der Waals surface area contributed by atoms with Crippen LogP contribution in [0.2, 0.25) is 0 Å². The Balaban J connectivity index is 2.26. The largest absolute Gasteiger partial charge is 0.445 e. The van der Waals surface area contributed by atoms with Crippen LogP contribution in [0.15, 0.2) is 28.7 Å². The summed E-state index contributed by atoms with van der Waals surface area (Å²) in [7, 11) is 0. The van der Waals surface area contributed by atoms with E-state index < -0.39 is 0 Å². The molecule has 0 bridgehead atoms. The number of hydrogen-bond donors (Lipinski definition) is 1. The van der Waals surface area contributed by atoms with E-state index in [9.17, 15) is 0 Å². The minimum atomic E-state index is 0.654. The number of aromatic nitrogens is 1. The van der Waals surface area contributed by atoms with Crippen LogP contribution in [0.25, 0.3) is 0 Å². The molecular formula is C12H14N2O. The number of aryl methyl sites for hydroxylation is 2. The van der Waals surface area contributed by atoms with Crippen LogP contribution < -0.4 is 5.73 Å². The molecule has 2 N–H and O–H groups in total. The quantitative estimate of drug-likeness (QED) is 0.761. The van der Waals surface area contributed by atoms with Crippen LogP contribution in [0.4, 0.5) is 5.69 Å². The Labute approximate surface area is 88.9 Å². The molecule has 3 nitrogen and oxygen atoms in total. The molecule has 2 rings (SSSR count). The summed E-state index contributed by atoms with van der Waals surface area (Å²) >= 11 is 0. The first-order chi connectivity index (χ1) is 7.16. The highest BCUT2D eigenvalue weighted by Crippen LogP contribution is 2.17. The van der Waals surface area contributed by atoms with Crippen molar-refractivity contribution in [3.05, 3.63) is 47.2 Å². The Morgan fingerprint density at radius 1 is 1.27 bits per heavy atom. The Morgan fingerprint density at radius 2 is 2.00 bits per heavy atom. The lowest BCUT2D eigenvalue weighted by Crippen LogP contribution is -1.95. The van der Waals surface area contributed by atoms with Crippen molar-refractivity contribution in [2.24, 2.45) is 0 Å². The van der Waals surface area contributed by atoms with Crippen molar-refractivity contribution in [3.8, 4) is 0 Å². The molecule has 1 aromatic heterocycles. The number of hydrogen-bond acceptors (Lipinski definition) is 3. The highest BCUT2D eigenvalue weighted by atomic mass is 16.4. The first kappa shape index (κ1) is 9.77. The third-order valence-electron chi connectivity index (χ3n) is 2.47. The van der Waals surface area contributed by atoms with Gasteiger partial charge in [-0.25, -0.2) is 4.98 Å². The molecule has 0 saturated heterocycles. The molecule has 0 amide bonds. The van der Waals surface area contributed by atoms with Gasteiger partial charge in [0, 0.05) is 5.69 Å². The zero-order valence-electron chi connectivity index (χ0n) is 8.95. The summed E-state index contributed by atoms with van der Waals surface area (Å²) in [5.74, 6) is 1.60. The molecule has 2 aromatic rings. The van der Waals surface area contributed by atoms with Gasteiger partial charge >= 0.3 is 0 Å². The SMILES string of the molecule is Cc1nc(Cc2ccccc2N)oc1C. The smallest absolute Gasteiger partial charge is 0.199 e. The standard InChI is InChI=1S/C12H14N2O/c1-8-9(2)15-12(14-8)7-10-5-3-4-6-11(10)13/h3-6H,7,13H2,1-2H3. The zero-order chi connectivity index (χ0) is 10.8. The lowest BCUT2D eigenvalue weighted by molar-refractivity contribution is 0.481. The van der Waals surface area contributed by atoms with Crippen molar-refractivity contribution in [1.29, 1.82) is 0 Å². The molecule has 0 spiro atoms. The normalized spacial score (nSPS) is 10.5. The first-order valence-corrected chi connectivity index (χ1v) is 4.93. The van der Waals surface area contributed by atoms with Crippen LogP contribution in [-0.2, 0) is 6.42 Å². The van der Waals surface area contributed by atoms with Crippen molar-refractivity contribution in [3.63, 3.8) is 0 Å². The van der Waals surface area contributed by atoms with Crippen LogP contribution in [-0.4, -0.2) is 4.98 Å². The van der Waals surface area contributed by atoms with Crippen molar-refractivity contribution in [2.75, 3.05) is 5.73 Å². The molecule has 0 fully saturated rings. The van der Waals surface area contributed by atoms with Gasteiger partial charge in [0.15, 0.2) is 5.89 Å². The summed E-state index contributed by atoms with van der Waals surface area (Å²) < 4.78 is 5.51. The molecule has 0 saturated carbocycles. The topological polar surface area (TPSA) is 52.0 Å². The fraction of sp³-hybridized carbons (Fsp3) is 0.250. The summed E-state index contributed by atoms with van der Waals surface area (Å²) in [6.45, 7) is 3.86. The van der Waals surface area contributed by atoms with Gasteiger partial charge in [-0.15, -0.1) is 0 Å². The summed E-state index contributed by atoms with van der Waals surface area (Å²) in [6, 6.07) is 7.77. The second-order valence-electron chi connectivity index (χ2n) is 3.62. The fourth-order valence-corrected chi connectivity index (χ4v) is 1.47. The van der Waals surface area contributed by atoms with Crippen molar-refractivity contribution < 1.29 is 4.42 Å². The summed E-state index contributed by atoms with van der Waals surface area (Å²) in [4.78, 5) is 4.32. The zero-order valence-corrected chi connectivity index (χ0v) is 8.95. The summed E-state index contributed by atoms with van der Waals surface area (Å²) in [6.07, 6.45) is 0.654. The van der Waals surface area contributed by atoms with E-state index in [1.165, 1.54) is 0 Å². The maximum absolute atomic E-state index is 5.84. The molecule has 3 heteroatoms. The fourth-order valence-electron chi connectivity index (χ4n) is 1.47. The predicted molar refractivity (Wildman–Crippen MR) is 59.6 cm³/mol. The van der Waals surface area contributed by atoms with E-state index in [2.05, 4.69) is 4.98 Å². The van der Waals surface area contributed by atoms with Crippen LogP contribution in [0.1, 0.15) is 22.9 Å². The van der Waals surface area contributed by atoms with Gasteiger partial charge in [-0.05, 0) is 25.5 Å². The average Bonchev–Trinajstić information content (AvgIpc) is 2.50. The van der Waals surface area contributed by atoms with E-state index >= 15 is 0 Å². The second kappa shape index (κ2) is 3.77. The minimum Gasteiger partial charge on any atom is -0.445 e. The number of oxazole rings is 1. The van der Waals surface area contributed by atoms with Crippen LogP contribution in [0.5, 0.6) is 0 Å². The van der Waals surface area contributed by atoms with Gasteiger partial charge in [-0.3, -0.25) is 0 Å². The van der Waals surface area contributed by atoms with Crippen LogP contribution in [0, 0.1) is 13.8 Å². The predicted octanol–water partition coefficient (Wildman–Crippen LogP) is 2.46. The number of nitrogen functional groups attached to an aromatic ring is 1. The molecule has 0 aliphatic heterocycles. The number of nitrogens with two attached hydrogens (primary N) is 1. The maximum Gasteiger partial charge on any atom is 0.199 e. The molecule has 0 aliphatic carbocycles. The number of para-hydroxylation sites is 1. The lowest BCUT2D eigenvalue weighted by atomic mass is 10.1. The highest BCUT2D eigenvalue weighted by molar-refractivity contribution is 5.47. The summed E-state index contributed by atoms with van der Waals surface area (Å²) in [5, 5.41) is 0. The van der Waals surface area contributed by atoms with Crippen LogP contribution in [0.3, 0.4) is 0 Å². The van der Waals surface area contributed by atoms with Gasteiger partial charge in [0.05, 0.1) is 12.1 Å². The maximum atomic E-state index is 5.84. The first-order valence-electron chi connectivity index (χ1n) is 4.93. The van der Waals surface area contributed by atoms with E-state index in [4.69, 9.17) is 10.2 Å². The average molecular weight is 202 g/mol.